The summed E-state index contributed by atoms with van der Waals surface area (Å²) in [7, 11) is 0. The molecule has 9 heteroatoms. The van der Waals surface area contributed by atoms with E-state index in [4.69, 9.17) is 14.2 Å². The zero-order valence-corrected chi connectivity index (χ0v) is 15.7. The van der Waals surface area contributed by atoms with Gasteiger partial charge in [0.1, 0.15) is 12.4 Å². The third kappa shape index (κ3) is 3.68. The van der Waals surface area contributed by atoms with Crippen molar-refractivity contribution in [2.24, 2.45) is 5.92 Å². The van der Waals surface area contributed by atoms with Crippen molar-refractivity contribution in [3.63, 3.8) is 0 Å². The van der Waals surface area contributed by atoms with Gasteiger partial charge in [-0.2, -0.15) is 0 Å². The van der Waals surface area contributed by atoms with Gasteiger partial charge in [-0.1, -0.05) is 32.0 Å². The maximum absolute atomic E-state index is 12.3. The Morgan fingerprint density at radius 3 is 2.79 bits per heavy atom. The molecule has 0 amide bonds. The molecule has 1 N–H and O–H groups in total. The van der Waals surface area contributed by atoms with Crippen LogP contribution in [0.3, 0.4) is 0 Å². The molecule has 0 radical (unpaired) electrons. The van der Waals surface area contributed by atoms with Gasteiger partial charge >= 0.3 is 12.1 Å². The number of benzene rings is 1. The molecular weight excluding hydrogens is 368 g/mol. The molecule has 1 atom stereocenters. The number of cyclic esters (lactones) is 1. The van der Waals surface area contributed by atoms with E-state index in [-0.39, 0.29) is 41.7 Å². The van der Waals surface area contributed by atoms with Crippen LogP contribution in [0.2, 0.25) is 0 Å². The highest BCUT2D eigenvalue weighted by molar-refractivity contribution is 5.95. The van der Waals surface area contributed by atoms with Crippen molar-refractivity contribution in [1.29, 1.82) is 0 Å². The molecular formula is C19H20N2O7. The maximum atomic E-state index is 12.3. The van der Waals surface area contributed by atoms with Crippen molar-refractivity contribution in [2.75, 3.05) is 13.2 Å². The van der Waals surface area contributed by atoms with Crippen LogP contribution in [0.1, 0.15) is 32.3 Å². The molecule has 0 saturated carbocycles. The summed E-state index contributed by atoms with van der Waals surface area (Å²) in [4.78, 5) is 35.5. The van der Waals surface area contributed by atoms with Gasteiger partial charge in [0.25, 0.3) is 5.69 Å². The fraction of sp³-hybridized carbons (Fsp3) is 0.368. The smallest absolute Gasteiger partial charge is 0.456 e. The molecule has 1 unspecified atom stereocenters. The number of hydrogen-bond donors (Lipinski definition) is 1. The first kappa shape index (κ1) is 19.4. The van der Waals surface area contributed by atoms with Gasteiger partial charge in [0.05, 0.1) is 34.4 Å². The van der Waals surface area contributed by atoms with Crippen molar-refractivity contribution >= 4 is 17.8 Å². The summed E-state index contributed by atoms with van der Waals surface area (Å²) in [5.41, 5.74) is 1.17. The first-order valence-electron chi connectivity index (χ1n) is 8.75. The standard InChI is InChI=1S/C19H20N2O7/c1-10(2)8-27-19(23)28-17-11(3)20-13-9-26-18(22)16(13)15(17)12-6-4-5-7-14(12)21(24)25/h4-7,10,15,20H,8-9H2,1-3H3. The van der Waals surface area contributed by atoms with Crippen LogP contribution in [-0.2, 0) is 19.0 Å². The Labute approximate surface area is 161 Å². The van der Waals surface area contributed by atoms with Crippen molar-refractivity contribution < 1.29 is 28.7 Å². The fourth-order valence-corrected chi connectivity index (χ4v) is 3.13. The Morgan fingerprint density at radius 2 is 2.11 bits per heavy atom. The van der Waals surface area contributed by atoms with Gasteiger partial charge in [0.15, 0.2) is 0 Å². The minimum Gasteiger partial charge on any atom is -0.456 e. The molecule has 2 aliphatic heterocycles. The van der Waals surface area contributed by atoms with Crippen LogP contribution in [0.25, 0.3) is 0 Å². The SMILES string of the molecule is CC1=C(OC(=O)OCC(C)C)C(c2ccccc2[N+](=O)[O-])C2=C(COC2=O)N1. The third-order valence-electron chi connectivity index (χ3n) is 4.32. The quantitative estimate of drug-likeness (QED) is 0.464. The topological polar surface area (TPSA) is 117 Å². The van der Waals surface area contributed by atoms with Gasteiger partial charge in [-0.25, -0.2) is 9.59 Å². The Morgan fingerprint density at radius 1 is 1.39 bits per heavy atom. The first-order valence-corrected chi connectivity index (χ1v) is 8.75. The van der Waals surface area contributed by atoms with E-state index in [1.54, 1.807) is 13.0 Å². The summed E-state index contributed by atoms with van der Waals surface area (Å²) < 4.78 is 15.6. The number of esters is 1. The highest BCUT2D eigenvalue weighted by Gasteiger charge is 2.43. The monoisotopic (exact) mass is 388 g/mol. The lowest BCUT2D eigenvalue weighted by Crippen LogP contribution is -2.29. The molecule has 9 nitrogen and oxygen atoms in total. The summed E-state index contributed by atoms with van der Waals surface area (Å²) >= 11 is 0. The summed E-state index contributed by atoms with van der Waals surface area (Å²) in [5.74, 6) is -1.40. The number of nitrogens with zero attached hydrogens (tertiary/aromatic N) is 1. The molecule has 2 aliphatic rings. The van der Waals surface area contributed by atoms with Gasteiger partial charge < -0.3 is 19.5 Å². The molecule has 0 aliphatic carbocycles. The first-order chi connectivity index (χ1) is 13.3. The Balaban J connectivity index is 2.05. The minimum atomic E-state index is -0.959. The number of nitrogens with one attached hydrogen (secondary N) is 1. The van der Waals surface area contributed by atoms with Crippen molar-refractivity contribution in [3.05, 3.63) is 62.7 Å². The average Bonchev–Trinajstić information content (AvgIpc) is 3.01. The van der Waals surface area contributed by atoms with E-state index in [1.807, 2.05) is 13.8 Å². The molecule has 28 heavy (non-hydrogen) atoms. The number of ether oxygens (including phenoxy) is 3. The van der Waals surface area contributed by atoms with E-state index in [2.05, 4.69) is 5.32 Å². The lowest BCUT2D eigenvalue weighted by atomic mass is 9.85. The second-order valence-corrected chi connectivity index (χ2v) is 6.89. The zero-order chi connectivity index (χ0) is 20.4. The van der Waals surface area contributed by atoms with Crippen molar-refractivity contribution in [3.8, 4) is 0 Å². The summed E-state index contributed by atoms with van der Waals surface area (Å²) in [6, 6.07) is 6.01. The van der Waals surface area contributed by atoms with Crippen LogP contribution >= 0.6 is 0 Å². The number of nitro groups is 1. The molecule has 1 aromatic carbocycles. The zero-order valence-electron chi connectivity index (χ0n) is 15.7. The second kappa shape index (κ2) is 7.71. The normalized spacial score (nSPS) is 18.6. The largest absolute Gasteiger partial charge is 0.513 e. The molecule has 0 bridgehead atoms. The van der Waals surface area contributed by atoms with Gasteiger partial charge in [-0.15, -0.1) is 0 Å². The van der Waals surface area contributed by atoms with Gasteiger partial charge in [-0.05, 0) is 12.8 Å². The lowest BCUT2D eigenvalue weighted by Gasteiger charge is -2.27. The summed E-state index contributed by atoms with van der Waals surface area (Å²) in [6.45, 7) is 5.58. The van der Waals surface area contributed by atoms with Crippen LogP contribution in [0.4, 0.5) is 10.5 Å². The van der Waals surface area contributed by atoms with Gasteiger partial charge in [0, 0.05) is 11.6 Å². The van der Waals surface area contributed by atoms with Crippen molar-refractivity contribution in [2.45, 2.75) is 26.7 Å². The Bertz CT molecular complexity index is 901. The number of hydrogen-bond acceptors (Lipinski definition) is 8. The van der Waals surface area contributed by atoms with E-state index in [1.165, 1.54) is 18.2 Å². The van der Waals surface area contributed by atoms with E-state index < -0.39 is 23.0 Å². The molecule has 3 rings (SSSR count). The molecule has 1 aromatic rings. The highest BCUT2D eigenvalue weighted by atomic mass is 16.7. The molecule has 0 fully saturated rings. The predicted molar refractivity (Wildman–Crippen MR) is 96.9 cm³/mol. The molecule has 0 saturated heterocycles. The van der Waals surface area contributed by atoms with Crippen LogP contribution in [0.5, 0.6) is 0 Å². The van der Waals surface area contributed by atoms with E-state index in [9.17, 15) is 19.7 Å². The maximum Gasteiger partial charge on any atom is 0.513 e. The average molecular weight is 388 g/mol. The van der Waals surface area contributed by atoms with E-state index in [0.717, 1.165) is 0 Å². The molecule has 2 heterocycles. The Kier molecular flexibility index (Phi) is 5.34. The van der Waals surface area contributed by atoms with Crippen LogP contribution < -0.4 is 5.32 Å². The number of nitro benzene ring substituents is 1. The second-order valence-electron chi connectivity index (χ2n) is 6.89. The minimum absolute atomic E-state index is 0.0215. The molecule has 148 valence electrons. The fourth-order valence-electron chi connectivity index (χ4n) is 3.13. The number of dihydropyridines is 1. The number of rotatable bonds is 5. The lowest BCUT2D eigenvalue weighted by molar-refractivity contribution is -0.385. The Hall–Kier alpha value is -3.36. The number of carbonyl (C=O) groups excluding carboxylic acids is 2. The van der Waals surface area contributed by atoms with Crippen LogP contribution in [-0.4, -0.2) is 30.3 Å². The highest BCUT2D eigenvalue weighted by Crippen LogP contribution is 2.44. The number of allylic oxidation sites excluding steroid dienone is 2. The van der Waals surface area contributed by atoms with Crippen LogP contribution in [0, 0.1) is 16.0 Å². The molecule has 0 aromatic heterocycles. The van der Waals surface area contributed by atoms with E-state index >= 15 is 0 Å². The number of carbonyl (C=O) groups is 2. The van der Waals surface area contributed by atoms with Gasteiger partial charge in [0.2, 0.25) is 0 Å². The van der Waals surface area contributed by atoms with Crippen LogP contribution in [0.15, 0.2) is 47.0 Å². The predicted octanol–water partition coefficient (Wildman–Crippen LogP) is 3.13. The summed E-state index contributed by atoms with van der Waals surface area (Å²) in [5, 5.41) is 14.5. The van der Waals surface area contributed by atoms with E-state index in [0.29, 0.717) is 11.4 Å². The molecule has 0 spiro atoms. The van der Waals surface area contributed by atoms with Crippen molar-refractivity contribution in [1.82, 2.24) is 5.32 Å². The van der Waals surface area contributed by atoms with Gasteiger partial charge in [-0.3, -0.25) is 10.1 Å². The summed E-state index contributed by atoms with van der Waals surface area (Å²) in [6.07, 6.45) is -0.941. The third-order valence-corrected chi connectivity index (χ3v) is 4.32. The number of para-hydroxylation sites is 1.